The van der Waals surface area contributed by atoms with Gasteiger partial charge in [0.25, 0.3) is 0 Å². The van der Waals surface area contributed by atoms with Crippen LogP contribution in [0.15, 0.2) is 71.9 Å². The van der Waals surface area contributed by atoms with Gasteiger partial charge < -0.3 is 20.5 Å². The molecule has 1 saturated heterocycles. The lowest BCUT2D eigenvalue weighted by atomic mass is 10.1. The second-order valence-corrected chi connectivity index (χ2v) is 8.94. The second kappa shape index (κ2) is 9.15. The quantitative estimate of drug-likeness (QED) is 0.321. The highest BCUT2D eigenvalue weighted by Gasteiger charge is 2.33. The summed E-state index contributed by atoms with van der Waals surface area (Å²) in [4.78, 5) is 12.1. The minimum Gasteiger partial charge on any atom is -0.611 e. The number of hydrogen-bond donors (Lipinski definition) is 3. The predicted molar refractivity (Wildman–Crippen MR) is 120 cm³/mol. The van der Waals surface area contributed by atoms with Gasteiger partial charge in [-0.2, -0.15) is 0 Å². The lowest BCUT2D eigenvalue weighted by Crippen LogP contribution is -2.29. The van der Waals surface area contributed by atoms with E-state index in [0.717, 1.165) is 34.6 Å². The molecular weight excluding hydrogens is 396 g/mol. The van der Waals surface area contributed by atoms with Crippen molar-refractivity contribution in [1.29, 1.82) is 5.41 Å². The first-order chi connectivity index (χ1) is 14.6. The molecule has 2 atom stereocenters. The molecule has 8 heteroatoms. The zero-order chi connectivity index (χ0) is 20.9. The molecule has 0 amide bonds. The summed E-state index contributed by atoms with van der Waals surface area (Å²) in [6.45, 7) is 1.98. The summed E-state index contributed by atoms with van der Waals surface area (Å²) >= 11 is -1.02. The highest BCUT2D eigenvalue weighted by Crippen LogP contribution is 2.27. The van der Waals surface area contributed by atoms with Gasteiger partial charge in [-0.1, -0.05) is 36.4 Å². The van der Waals surface area contributed by atoms with E-state index in [4.69, 9.17) is 11.1 Å². The number of aromatic nitrogens is 2. The average Bonchev–Trinajstić information content (AvgIpc) is 3.28. The zero-order valence-corrected chi connectivity index (χ0v) is 17.3. The van der Waals surface area contributed by atoms with Gasteiger partial charge in [0.1, 0.15) is 5.25 Å². The van der Waals surface area contributed by atoms with Crippen LogP contribution in [-0.4, -0.2) is 38.8 Å². The van der Waals surface area contributed by atoms with Gasteiger partial charge in [-0.15, -0.1) is 0 Å². The second-order valence-electron chi connectivity index (χ2n) is 7.21. The molecule has 1 aromatic heterocycles. The molecule has 30 heavy (non-hydrogen) atoms. The van der Waals surface area contributed by atoms with Crippen LogP contribution in [0.2, 0.25) is 0 Å². The highest BCUT2D eigenvalue weighted by molar-refractivity contribution is 7.92. The van der Waals surface area contributed by atoms with Gasteiger partial charge in [0.15, 0.2) is 10.9 Å². The summed E-state index contributed by atoms with van der Waals surface area (Å²) in [5.41, 5.74) is 8.31. The molecule has 154 valence electrons. The molecule has 1 aliphatic rings. The molecular formula is C22H24N6OS. The summed E-state index contributed by atoms with van der Waals surface area (Å²) in [5, 5.41) is 10.2. The minimum atomic E-state index is -1.02. The standard InChI is InChI=1S/C22H24N6OS/c23-21(24)25-12-16-5-4-6-17(11-16)18-13-26-22(27-14-18)28-10-9-20(15-28)30(29)19-7-2-1-3-8-19/h1-8,11,13-14,20H,9-10,12,15H2,(H4,23,24,25). The largest absolute Gasteiger partial charge is 0.611 e. The summed E-state index contributed by atoms with van der Waals surface area (Å²) in [6.07, 6.45) is 4.50. The van der Waals surface area contributed by atoms with Crippen molar-refractivity contribution >= 4 is 23.1 Å². The van der Waals surface area contributed by atoms with Crippen LogP contribution in [0.5, 0.6) is 0 Å². The molecule has 4 N–H and O–H groups in total. The van der Waals surface area contributed by atoms with Crippen LogP contribution in [0.4, 0.5) is 5.95 Å². The molecule has 0 saturated carbocycles. The van der Waals surface area contributed by atoms with E-state index in [1.54, 1.807) is 0 Å². The fourth-order valence-corrected chi connectivity index (χ4v) is 4.97. The Bertz CT molecular complexity index is 998. The third kappa shape index (κ3) is 4.72. The number of nitrogens with zero attached hydrogens (tertiary/aromatic N) is 3. The average molecular weight is 421 g/mol. The van der Waals surface area contributed by atoms with E-state index < -0.39 is 11.2 Å². The van der Waals surface area contributed by atoms with E-state index in [1.807, 2.05) is 67.0 Å². The summed E-state index contributed by atoms with van der Waals surface area (Å²) in [6, 6.07) is 17.6. The smallest absolute Gasteiger partial charge is 0.225 e. The van der Waals surface area contributed by atoms with Crippen LogP contribution in [0.3, 0.4) is 0 Å². The van der Waals surface area contributed by atoms with Crippen LogP contribution >= 0.6 is 0 Å². The Balaban J connectivity index is 1.42. The topological polar surface area (TPSA) is 114 Å². The molecule has 3 aromatic rings. The van der Waals surface area contributed by atoms with Crippen molar-refractivity contribution < 1.29 is 4.55 Å². The van der Waals surface area contributed by atoms with E-state index >= 15 is 0 Å². The molecule has 0 bridgehead atoms. The van der Waals surface area contributed by atoms with Gasteiger partial charge in [-0.25, -0.2) is 9.97 Å². The van der Waals surface area contributed by atoms with Gasteiger partial charge in [0.05, 0.1) is 6.54 Å². The number of rotatable bonds is 6. The molecule has 1 fully saturated rings. The number of anilines is 1. The number of nitrogens with one attached hydrogen (secondary N) is 2. The van der Waals surface area contributed by atoms with E-state index in [2.05, 4.69) is 20.2 Å². The number of benzene rings is 2. The summed E-state index contributed by atoms with van der Waals surface area (Å²) in [7, 11) is 0. The first kappa shape index (κ1) is 20.2. The van der Waals surface area contributed by atoms with Crippen molar-refractivity contribution in [3.63, 3.8) is 0 Å². The van der Waals surface area contributed by atoms with Crippen molar-refractivity contribution in [3.8, 4) is 11.1 Å². The molecule has 0 aliphatic carbocycles. The highest BCUT2D eigenvalue weighted by atomic mass is 32.2. The number of guanidine groups is 1. The van der Waals surface area contributed by atoms with Crippen LogP contribution < -0.4 is 16.0 Å². The minimum absolute atomic E-state index is 0.0507. The molecule has 7 nitrogen and oxygen atoms in total. The van der Waals surface area contributed by atoms with Crippen LogP contribution in [-0.2, 0) is 17.7 Å². The fraction of sp³-hybridized carbons (Fsp3) is 0.227. The third-order valence-electron chi connectivity index (χ3n) is 5.09. The van der Waals surface area contributed by atoms with Gasteiger partial charge in [0.2, 0.25) is 5.95 Å². The third-order valence-corrected chi connectivity index (χ3v) is 6.81. The summed E-state index contributed by atoms with van der Waals surface area (Å²) in [5.74, 6) is 0.617. The normalized spacial score (nSPS) is 17.0. The molecule has 0 spiro atoms. The molecule has 0 radical (unpaired) electrons. The lowest BCUT2D eigenvalue weighted by molar-refractivity contribution is 0.582. The number of nitrogens with two attached hydrogens (primary N) is 1. The Morgan fingerprint density at radius 2 is 1.90 bits per heavy atom. The Kier molecular flexibility index (Phi) is 6.15. The van der Waals surface area contributed by atoms with Gasteiger partial charge in [-0.05, 0) is 40.5 Å². The van der Waals surface area contributed by atoms with Gasteiger partial charge >= 0.3 is 0 Å². The van der Waals surface area contributed by atoms with Gasteiger partial charge in [-0.3, -0.25) is 5.41 Å². The maximum absolute atomic E-state index is 12.8. The Morgan fingerprint density at radius 1 is 1.13 bits per heavy atom. The van der Waals surface area contributed by atoms with Crippen LogP contribution in [0, 0.1) is 5.41 Å². The number of hydrogen-bond acceptors (Lipinski definition) is 5. The first-order valence-corrected chi connectivity index (χ1v) is 11.0. The van der Waals surface area contributed by atoms with Crippen molar-refractivity contribution in [2.75, 3.05) is 18.0 Å². The SMILES string of the molecule is N=C(N)NCc1cccc(-c2cnc(N3CCC([S+]([O-])c4ccccc4)C3)nc2)c1. The van der Waals surface area contributed by atoms with E-state index in [9.17, 15) is 4.55 Å². The van der Waals surface area contributed by atoms with Crippen molar-refractivity contribution in [3.05, 3.63) is 72.6 Å². The molecule has 2 heterocycles. The first-order valence-electron chi connectivity index (χ1n) is 9.80. The Morgan fingerprint density at radius 3 is 2.63 bits per heavy atom. The molecule has 4 rings (SSSR count). The van der Waals surface area contributed by atoms with Gasteiger partial charge in [0, 0.05) is 37.5 Å². The Labute approximate surface area is 179 Å². The van der Waals surface area contributed by atoms with E-state index in [1.165, 1.54) is 0 Å². The maximum atomic E-state index is 12.8. The Hall–Kier alpha value is -3.10. The summed E-state index contributed by atoms with van der Waals surface area (Å²) < 4.78 is 12.8. The zero-order valence-electron chi connectivity index (χ0n) is 16.5. The van der Waals surface area contributed by atoms with Crippen molar-refractivity contribution in [1.82, 2.24) is 15.3 Å². The molecule has 2 aromatic carbocycles. The lowest BCUT2D eigenvalue weighted by Gasteiger charge is -2.18. The van der Waals surface area contributed by atoms with Crippen molar-refractivity contribution in [2.45, 2.75) is 23.1 Å². The van der Waals surface area contributed by atoms with E-state index in [0.29, 0.717) is 19.0 Å². The van der Waals surface area contributed by atoms with E-state index in [-0.39, 0.29) is 11.2 Å². The maximum Gasteiger partial charge on any atom is 0.225 e. The predicted octanol–water partition coefficient (Wildman–Crippen LogP) is 2.51. The monoisotopic (exact) mass is 420 g/mol. The molecule has 1 aliphatic heterocycles. The van der Waals surface area contributed by atoms with Crippen LogP contribution in [0.1, 0.15) is 12.0 Å². The van der Waals surface area contributed by atoms with Crippen LogP contribution in [0.25, 0.3) is 11.1 Å². The van der Waals surface area contributed by atoms with Crippen molar-refractivity contribution in [2.24, 2.45) is 5.73 Å². The molecule has 2 unspecified atom stereocenters. The fourth-order valence-electron chi connectivity index (χ4n) is 3.52.